The van der Waals surface area contributed by atoms with Gasteiger partial charge in [0.1, 0.15) is 12.5 Å². The van der Waals surface area contributed by atoms with Crippen molar-refractivity contribution in [1.29, 1.82) is 0 Å². The first-order valence-electron chi connectivity index (χ1n) is 3.83. The van der Waals surface area contributed by atoms with E-state index in [1.165, 1.54) is 14.2 Å². The van der Waals surface area contributed by atoms with Crippen LogP contribution in [0.25, 0.3) is 0 Å². The zero-order valence-electron chi connectivity index (χ0n) is 7.94. The quantitative estimate of drug-likeness (QED) is 0.600. The summed E-state index contributed by atoms with van der Waals surface area (Å²) < 4.78 is 9.69. The SMILES string of the molecule is CO[C@@H](C)[C@H](OC)C(=O)CC(=O)O. The van der Waals surface area contributed by atoms with Crippen LogP contribution < -0.4 is 0 Å². The first-order valence-corrected chi connectivity index (χ1v) is 3.83. The number of ether oxygens (including phenoxy) is 2. The molecule has 76 valence electrons. The highest BCUT2D eigenvalue weighted by Crippen LogP contribution is 2.05. The zero-order valence-corrected chi connectivity index (χ0v) is 7.94. The second kappa shape index (κ2) is 5.66. The molecule has 0 aliphatic carbocycles. The van der Waals surface area contributed by atoms with Gasteiger partial charge in [0.15, 0.2) is 5.78 Å². The predicted molar refractivity (Wildman–Crippen MR) is 44.5 cm³/mol. The molecule has 0 aromatic heterocycles. The monoisotopic (exact) mass is 190 g/mol. The van der Waals surface area contributed by atoms with E-state index in [4.69, 9.17) is 14.6 Å². The fourth-order valence-electron chi connectivity index (χ4n) is 0.958. The summed E-state index contributed by atoms with van der Waals surface area (Å²) in [5.74, 6) is -1.64. The van der Waals surface area contributed by atoms with Crippen LogP contribution in [0, 0.1) is 0 Å². The molecule has 0 rings (SSSR count). The highest BCUT2D eigenvalue weighted by atomic mass is 16.5. The minimum Gasteiger partial charge on any atom is -0.481 e. The van der Waals surface area contributed by atoms with Crippen LogP contribution in [0.4, 0.5) is 0 Å². The summed E-state index contributed by atoms with van der Waals surface area (Å²) in [4.78, 5) is 21.4. The molecule has 0 heterocycles. The van der Waals surface area contributed by atoms with Gasteiger partial charge >= 0.3 is 5.97 Å². The molecule has 0 aliphatic heterocycles. The van der Waals surface area contributed by atoms with Crippen molar-refractivity contribution in [1.82, 2.24) is 0 Å². The van der Waals surface area contributed by atoms with Gasteiger partial charge in [-0.2, -0.15) is 0 Å². The Morgan fingerprint density at radius 1 is 1.31 bits per heavy atom. The standard InChI is InChI=1S/C8H14O5/c1-5(12-2)8(13-3)6(9)4-7(10)11/h5,8H,4H2,1-3H3,(H,10,11)/t5-,8-/m0/s1. The number of ketones is 1. The molecule has 0 bridgehead atoms. The van der Waals surface area contributed by atoms with Crippen molar-refractivity contribution in [2.75, 3.05) is 14.2 Å². The largest absolute Gasteiger partial charge is 0.481 e. The molecule has 0 fully saturated rings. The van der Waals surface area contributed by atoms with Crippen molar-refractivity contribution in [3.63, 3.8) is 0 Å². The lowest BCUT2D eigenvalue weighted by atomic mass is 10.1. The number of methoxy groups -OCH3 is 2. The molecule has 0 spiro atoms. The number of carbonyl (C=O) groups is 2. The van der Waals surface area contributed by atoms with Gasteiger partial charge in [-0.1, -0.05) is 0 Å². The van der Waals surface area contributed by atoms with E-state index in [1.807, 2.05) is 0 Å². The number of carbonyl (C=O) groups excluding carboxylic acids is 1. The number of rotatable bonds is 6. The highest BCUT2D eigenvalue weighted by molar-refractivity contribution is 5.97. The predicted octanol–water partition coefficient (Wildman–Crippen LogP) is 0.0801. The maximum absolute atomic E-state index is 11.2. The molecule has 1 N–H and O–H groups in total. The lowest BCUT2D eigenvalue weighted by Crippen LogP contribution is -2.36. The molecule has 0 aromatic carbocycles. The molecule has 0 aliphatic rings. The molecular formula is C8H14O5. The number of Topliss-reactive ketones (excluding diaryl/α,β-unsaturated/α-hetero) is 1. The summed E-state index contributed by atoms with van der Waals surface area (Å²) in [5, 5.41) is 8.37. The van der Waals surface area contributed by atoms with E-state index in [0.717, 1.165) is 0 Å². The summed E-state index contributed by atoms with van der Waals surface area (Å²) in [6.07, 6.45) is -1.77. The molecule has 0 aromatic rings. The average molecular weight is 190 g/mol. The van der Waals surface area contributed by atoms with Gasteiger partial charge in [-0.05, 0) is 6.92 Å². The van der Waals surface area contributed by atoms with Gasteiger partial charge in [0.25, 0.3) is 0 Å². The molecule has 5 heteroatoms. The van der Waals surface area contributed by atoms with Crippen LogP contribution in [-0.4, -0.2) is 43.3 Å². The number of hydrogen-bond donors (Lipinski definition) is 1. The molecule has 0 saturated carbocycles. The van der Waals surface area contributed by atoms with E-state index in [0.29, 0.717) is 0 Å². The topological polar surface area (TPSA) is 72.8 Å². The lowest BCUT2D eigenvalue weighted by Gasteiger charge is -2.19. The Bertz CT molecular complexity index is 189. The van der Waals surface area contributed by atoms with Crippen LogP contribution in [0.15, 0.2) is 0 Å². The fourth-order valence-corrected chi connectivity index (χ4v) is 0.958. The van der Waals surface area contributed by atoms with E-state index in [-0.39, 0.29) is 0 Å². The van der Waals surface area contributed by atoms with E-state index in [1.54, 1.807) is 6.92 Å². The van der Waals surface area contributed by atoms with Gasteiger partial charge in [-0.25, -0.2) is 0 Å². The Morgan fingerprint density at radius 2 is 1.85 bits per heavy atom. The van der Waals surface area contributed by atoms with E-state index in [9.17, 15) is 9.59 Å². The van der Waals surface area contributed by atoms with Gasteiger partial charge in [-0.15, -0.1) is 0 Å². The Morgan fingerprint density at radius 3 is 2.15 bits per heavy atom. The van der Waals surface area contributed by atoms with Crippen molar-refractivity contribution >= 4 is 11.8 Å². The highest BCUT2D eigenvalue weighted by Gasteiger charge is 2.26. The van der Waals surface area contributed by atoms with Gasteiger partial charge < -0.3 is 14.6 Å². The van der Waals surface area contributed by atoms with Crippen molar-refractivity contribution in [3.8, 4) is 0 Å². The Labute approximate surface area is 76.6 Å². The molecular weight excluding hydrogens is 176 g/mol. The molecule has 0 radical (unpaired) electrons. The summed E-state index contributed by atoms with van der Waals surface area (Å²) >= 11 is 0. The minimum absolute atomic E-state index is 0.433. The van der Waals surface area contributed by atoms with Crippen molar-refractivity contribution in [2.45, 2.75) is 25.6 Å². The summed E-state index contributed by atoms with van der Waals surface area (Å²) in [6, 6.07) is 0. The second-order valence-electron chi connectivity index (χ2n) is 2.63. The van der Waals surface area contributed by atoms with Crippen molar-refractivity contribution in [2.24, 2.45) is 0 Å². The van der Waals surface area contributed by atoms with Gasteiger partial charge in [0, 0.05) is 14.2 Å². The number of carboxylic acid groups (broad SMARTS) is 1. The van der Waals surface area contributed by atoms with E-state index < -0.39 is 30.4 Å². The van der Waals surface area contributed by atoms with Gasteiger partial charge in [0.05, 0.1) is 6.10 Å². The average Bonchev–Trinajstić information content (AvgIpc) is 2.03. The van der Waals surface area contributed by atoms with Crippen LogP contribution in [0.5, 0.6) is 0 Å². The molecule has 13 heavy (non-hydrogen) atoms. The zero-order chi connectivity index (χ0) is 10.4. The Balaban J connectivity index is 4.22. The normalized spacial score (nSPS) is 15.0. The van der Waals surface area contributed by atoms with Crippen LogP contribution >= 0.6 is 0 Å². The van der Waals surface area contributed by atoms with Crippen molar-refractivity contribution < 1.29 is 24.2 Å². The summed E-state index contributed by atoms with van der Waals surface area (Å²) in [7, 11) is 2.78. The van der Waals surface area contributed by atoms with Crippen LogP contribution in [0.1, 0.15) is 13.3 Å². The summed E-state index contributed by atoms with van der Waals surface area (Å²) in [5.41, 5.74) is 0. The van der Waals surface area contributed by atoms with Crippen LogP contribution in [0.2, 0.25) is 0 Å². The number of aliphatic carboxylic acids is 1. The van der Waals surface area contributed by atoms with E-state index in [2.05, 4.69) is 0 Å². The molecule has 0 unspecified atom stereocenters. The Hall–Kier alpha value is -0.940. The molecule has 5 nitrogen and oxygen atoms in total. The smallest absolute Gasteiger partial charge is 0.310 e. The number of carboxylic acids is 1. The minimum atomic E-state index is -1.16. The van der Waals surface area contributed by atoms with Gasteiger partial charge in [0.2, 0.25) is 0 Å². The third-order valence-corrected chi connectivity index (χ3v) is 1.69. The maximum Gasteiger partial charge on any atom is 0.310 e. The molecule has 0 saturated heterocycles. The third kappa shape index (κ3) is 4.00. The molecule has 0 amide bonds. The second-order valence-corrected chi connectivity index (χ2v) is 2.63. The van der Waals surface area contributed by atoms with Crippen LogP contribution in [-0.2, 0) is 19.1 Å². The molecule has 2 atom stereocenters. The lowest BCUT2D eigenvalue weighted by molar-refractivity contribution is -0.146. The number of hydrogen-bond acceptors (Lipinski definition) is 4. The van der Waals surface area contributed by atoms with Gasteiger partial charge in [-0.3, -0.25) is 9.59 Å². The summed E-state index contributed by atoms with van der Waals surface area (Å²) in [6.45, 7) is 1.65. The fraction of sp³-hybridized carbons (Fsp3) is 0.750. The maximum atomic E-state index is 11.2. The van der Waals surface area contributed by atoms with Crippen molar-refractivity contribution in [3.05, 3.63) is 0 Å². The van der Waals surface area contributed by atoms with Crippen LogP contribution in [0.3, 0.4) is 0 Å². The first-order chi connectivity index (χ1) is 6.02. The van der Waals surface area contributed by atoms with E-state index >= 15 is 0 Å². The Kier molecular flexibility index (Phi) is 5.25. The third-order valence-electron chi connectivity index (χ3n) is 1.69. The first kappa shape index (κ1) is 12.1.